The van der Waals surface area contributed by atoms with E-state index in [-0.39, 0.29) is 53.1 Å². The van der Waals surface area contributed by atoms with Gasteiger partial charge in [0.2, 0.25) is 0 Å². The van der Waals surface area contributed by atoms with Crippen LogP contribution < -0.4 is 4.74 Å². The molecule has 0 saturated heterocycles. The number of ketones is 1. The van der Waals surface area contributed by atoms with Crippen molar-refractivity contribution >= 4 is 17.7 Å². The van der Waals surface area contributed by atoms with Gasteiger partial charge >= 0.3 is 11.9 Å². The lowest BCUT2D eigenvalue weighted by atomic mass is 9.88. The van der Waals surface area contributed by atoms with Crippen LogP contribution in [0.3, 0.4) is 0 Å². The summed E-state index contributed by atoms with van der Waals surface area (Å²) in [6.07, 6.45) is 8.27. The lowest BCUT2D eigenvalue weighted by Crippen LogP contribution is -2.33. The molecule has 0 radical (unpaired) electrons. The number of ether oxygens (including phenoxy) is 3. The van der Waals surface area contributed by atoms with E-state index in [2.05, 4.69) is 18.2 Å². The summed E-state index contributed by atoms with van der Waals surface area (Å²) in [6.45, 7) is 15.6. The summed E-state index contributed by atoms with van der Waals surface area (Å²) in [5.74, 6) is 0.960. The van der Waals surface area contributed by atoms with Gasteiger partial charge in [-0.1, -0.05) is 63.2 Å². The number of phenols is 1. The summed E-state index contributed by atoms with van der Waals surface area (Å²) >= 11 is 0. The second-order valence-electron chi connectivity index (χ2n) is 15.5. The fourth-order valence-electron chi connectivity index (χ4n) is 6.23. The molecule has 4 unspecified atom stereocenters. The van der Waals surface area contributed by atoms with Crippen LogP contribution >= 0.6 is 0 Å². The Labute approximate surface area is 305 Å². The smallest absolute Gasteiger partial charge is 0.312 e. The molecule has 6 rings (SSSR count). The molecular weight excluding hydrogens is 640 g/mol. The minimum Gasteiger partial charge on any atom is -0.508 e. The molecule has 3 aromatic carbocycles. The van der Waals surface area contributed by atoms with Crippen molar-refractivity contribution in [3.63, 3.8) is 0 Å². The van der Waals surface area contributed by atoms with Crippen LogP contribution in [0.25, 0.3) is 0 Å². The van der Waals surface area contributed by atoms with E-state index < -0.39 is 5.41 Å². The van der Waals surface area contributed by atoms with Gasteiger partial charge in [0.25, 0.3) is 0 Å². The number of carbonyl (C=O) groups is 3. The van der Waals surface area contributed by atoms with Gasteiger partial charge in [0.15, 0.2) is 5.78 Å². The summed E-state index contributed by atoms with van der Waals surface area (Å²) in [6, 6.07) is 21.2. The fraction of sp³-hybridized carbons (Fsp3) is 0.523. The lowest BCUT2D eigenvalue weighted by molar-refractivity contribution is -0.161. The normalized spacial score (nSPS) is 21.0. The number of carbonyl (C=O) groups excluding carboxylic acids is 3. The second kappa shape index (κ2) is 17.4. The predicted octanol–water partition coefficient (Wildman–Crippen LogP) is 9.95. The Morgan fingerprint density at radius 1 is 0.784 bits per heavy atom. The molecule has 3 aliphatic rings. The third-order valence-corrected chi connectivity index (χ3v) is 10.9. The van der Waals surface area contributed by atoms with Crippen LogP contribution in [0, 0.1) is 16.7 Å². The maximum atomic E-state index is 12.3. The Morgan fingerprint density at radius 3 is 2.14 bits per heavy atom. The SMILES string of the molecule is CC1Oc2ccccc2C(=O)C1C.CCC(C)(C)C(=O)OC1CCCCc2ccccc21.CCC(C)(C)C(=O)OC1CCc2ccc(O)cc2C1. The number of Topliss-reactive ketones (excluding diaryl/α,β-unsaturated/α-hetero) is 1. The van der Waals surface area contributed by atoms with Crippen LogP contribution in [0.1, 0.15) is 133 Å². The van der Waals surface area contributed by atoms with E-state index in [1.165, 1.54) is 23.1 Å². The largest absolute Gasteiger partial charge is 0.508 e. The van der Waals surface area contributed by atoms with Crippen molar-refractivity contribution in [3.05, 3.63) is 94.5 Å². The molecule has 3 aromatic rings. The van der Waals surface area contributed by atoms with Crippen molar-refractivity contribution < 1.29 is 33.7 Å². The molecule has 276 valence electrons. The predicted molar refractivity (Wildman–Crippen MR) is 201 cm³/mol. The molecule has 51 heavy (non-hydrogen) atoms. The van der Waals surface area contributed by atoms with Crippen LogP contribution in [0.4, 0.5) is 0 Å². The van der Waals surface area contributed by atoms with E-state index in [1.807, 2.05) is 91.8 Å². The van der Waals surface area contributed by atoms with E-state index in [0.717, 1.165) is 56.3 Å². The molecule has 0 saturated carbocycles. The van der Waals surface area contributed by atoms with Gasteiger partial charge in [0.1, 0.15) is 29.8 Å². The number of hydrogen-bond acceptors (Lipinski definition) is 7. The Bertz CT molecular complexity index is 1650. The van der Waals surface area contributed by atoms with Crippen molar-refractivity contribution in [1.29, 1.82) is 0 Å². The number of rotatable bonds is 6. The van der Waals surface area contributed by atoms with Gasteiger partial charge in [-0.3, -0.25) is 14.4 Å². The Balaban J connectivity index is 0.000000175. The molecular formula is C44H58O7. The Kier molecular flexibility index (Phi) is 13.5. The second-order valence-corrected chi connectivity index (χ2v) is 15.5. The van der Waals surface area contributed by atoms with Gasteiger partial charge in [0.05, 0.1) is 22.3 Å². The third-order valence-electron chi connectivity index (χ3n) is 10.9. The molecule has 2 aliphatic carbocycles. The number of aromatic hydroxyl groups is 1. The molecule has 7 nitrogen and oxygen atoms in total. The minimum atomic E-state index is -0.418. The van der Waals surface area contributed by atoms with Gasteiger partial charge in [-0.15, -0.1) is 0 Å². The molecule has 7 heteroatoms. The molecule has 0 bridgehead atoms. The first-order valence-electron chi connectivity index (χ1n) is 18.8. The van der Waals surface area contributed by atoms with Crippen molar-refractivity contribution in [2.45, 2.75) is 131 Å². The average molecular weight is 699 g/mol. The highest BCUT2D eigenvalue weighted by Crippen LogP contribution is 2.35. The summed E-state index contributed by atoms with van der Waals surface area (Å²) in [7, 11) is 0. The number of esters is 2. The number of aryl methyl sites for hydroxylation is 2. The van der Waals surface area contributed by atoms with Gasteiger partial charge in [-0.25, -0.2) is 0 Å². The van der Waals surface area contributed by atoms with Gasteiger partial charge in [-0.2, -0.15) is 0 Å². The topological polar surface area (TPSA) is 99.1 Å². The maximum absolute atomic E-state index is 12.3. The van der Waals surface area contributed by atoms with Crippen molar-refractivity contribution in [1.82, 2.24) is 0 Å². The Hall–Kier alpha value is -4.13. The van der Waals surface area contributed by atoms with Gasteiger partial charge in [0, 0.05) is 6.42 Å². The summed E-state index contributed by atoms with van der Waals surface area (Å²) < 4.78 is 17.0. The molecule has 0 fully saturated rings. The maximum Gasteiger partial charge on any atom is 0.312 e. The van der Waals surface area contributed by atoms with E-state index in [4.69, 9.17) is 14.2 Å². The molecule has 1 heterocycles. The third kappa shape index (κ3) is 10.2. The first-order valence-corrected chi connectivity index (χ1v) is 18.8. The molecule has 0 aromatic heterocycles. The first kappa shape index (κ1) is 39.7. The fourth-order valence-corrected chi connectivity index (χ4v) is 6.23. The quantitative estimate of drug-likeness (QED) is 0.202. The monoisotopic (exact) mass is 698 g/mol. The first-order chi connectivity index (χ1) is 24.2. The Morgan fingerprint density at radius 2 is 1.43 bits per heavy atom. The number of para-hydroxylation sites is 1. The van der Waals surface area contributed by atoms with Gasteiger partial charge < -0.3 is 19.3 Å². The molecule has 0 amide bonds. The number of hydrogen-bond donors (Lipinski definition) is 1. The van der Waals surface area contributed by atoms with Crippen LogP contribution in [0.2, 0.25) is 0 Å². The summed E-state index contributed by atoms with van der Waals surface area (Å²) in [5.41, 5.74) is 4.80. The van der Waals surface area contributed by atoms with E-state index >= 15 is 0 Å². The highest BCUT2D eigenvalue weighted by molar-refractivity contribution is 6.01. The van der Waals surface area contributed by atoms with Crippen molar-refractivity contribution in [2.24, 2.45) is 16.7 Å². The number of benzene rings is 3. The van der Waals surface area contributed by atoms with Crippen molar-refractivity contribution in [2.75, 3.05) is 0 Å². The number of phenolic OH excluding ortho intramolecular Hbond substituents is 1. The standard InChI is InChI=1S/C17H24O2.C16H22O3.C11H12O2/c1-4-17(2,3)16(18)19-15-12-8-6-10-13-9-5-7-11-14(13)15;1-4-16(2,3)15(18)19-14-8-6-11-5-7-13(17)9-12(11)10-14;1-7-8(2)13-10-6-4-3-5-9(10)11(7)12/h5,7,9,11,15H,4,6,8,10,12H2,1-3H3;5,7,9,14,17H,4,6,8,10H2,1-3H3;3-8H,1-2H3. The van der Waals surface area contributed by atoms with E-state index in [0.29, 0.717) is 12.0 Å². The van der Waals surface area contributed by atoms with Gasteiger partial charge in [-0.05, 0) is 133 Å². The zero-order chi connectivity index (χ0) is 37.3. The lowest BCUT2D eigenvalue weighted by Gasteiger charge is -2.28. The van der Waals surface area contributed by atoms with Crippen LogP contribution in [0.5, 0.6) is 11.5 Å². The van der Waals surface area contributed by atoms with E-state index in [1.54, 1.807) is 12.1 Å². The van der Waals surface area contributed by atoms with Crippen LogP contribution in [-0.4, -0.2) is 35.0 Å². The molecule has 0 spiro atoms. The summed E-state index contributed by atoms with van der Waals surface area (Å²) in [5, 5.41) is 9.52. The zero-order valence-electron chi connectivity index (χ0n) is 31.9. The van der Waals surface area contributed by atoms with Crippen LogP contribution in [-0.2, 0) is 38.3 Å². The molecule has 4 atom stereocenters. The molecule has 1 N–H and O–H groups in total. The summed E-state index contributed by atoms with van der Waals surface area (Å²) in [4.78, 5) is 36.1. The van der Waals surface area contributed by atoms with Crippen molar-refractivity contribution in [3.8, 4) is 11.5 Å². The van der Waals surface area contributed by atoms with E-state index in [9.17, 15) is 19.5 Å². The minimum absolute atomic E-state index is 0.0117. The average Bonchev–Trinajstić information content (AvgIpc) is 3.33. The van der Waals surface area contributed by atoms with Crippen LogP contribution in [0.15, 0.2) is 66.7 Å². The highest BCUT2D eigenvalue weighted by Gasteiger charge is 2.33. The molecule has 1 aliphatic heterocycles. The number of fused-ring (bicyclic) bond motifs is 3. The zero-order valence-corrected chi connectivity index (χ0v) is 31.9. The highest BCUT2D eigenvalue weighted by atomic mass is 16.5.